The van der Waals surface area contributed by atoms with Crippen molar-refractivity contribution in [3.8, 4) is 0 Å². The second-order valence-electron chi connectivity index (χ2n) is 5.09. The van der Waals surface area contributed by atoms with Crippen LogP contribution < -0.4 is 0 Å². The maximum absolute atomic E-state index is 11.3. The van der Waals surface area contributed by atoms with Gasteiger partial charge in [0.2, 0.25) is 0 Å². The summed E-state index contributed by atoms with van der Waals surface area (Å²) in [7, 11) is 1.43. The number of methoxy groups -OCH3 is 1. The van der Waals surface area contributed by atoms with E-state index in [9.17, 15) is 9.90 Å². The van der Waals surface area contributed by atoms with E-state index >= 15 is 0 Å². The molecule has 2 aliphatic heterocycles. The van der Waals surface area contributed by atoms with E-state index in [0.29, 0.717) is 18.5 Å². The number of ether oxygens (including phenoxy) is 1. The molecule has 2 rings (SSSR count). The van der Waals surface area contributed by atoms with Gasteiger partial charge >= 0.3 is 5.97 Å². The van der Waals surface area contributed by atoms with Gasteiger partial charge in [-0.25, -0.2) is 0 Å². The first-order valence-electron chi connectivity index (χ1n) is 6.14. The molecule has 2 bridgehead atoms. The maximum atomic E-state index is 11.3. The Morgan fingerprint density at radius 3 is 2.50 bits per heavy atom. The van der Waals surface area contributed by atoms with Crippen LogP contribution in [-0.4, -0.2) is 47.3 Å². The fourth-order valence-electron chi connectivity index (χ4n) is 3.33. The van der Waals surface area contributed by atoms with Crippen LogP contribution in [0.1, 0.15) is 39.0 Å². The first-order valence-corrected chi connectivity index (χ1v) is 6.14. The molecular formula is C12H21NO3. The molecule has 2 aliphatic rings. The average Bonchev–Trinajstić information content (AvgIpc) is 2.51. The van der Waals surface area contributed by atoms with Crippen molar-refractivity contribution in [2.75, 3.05) is 7.11 Å². The third kappa shape index (κ3) is 2.23. The van der Waals surface area contributed by atoms with Crippen LogP contribution >= 0.6 is 0 Å². The first kappa shape index (κ1) is 11.9. The summed E-state index contributed by atoms with van der Waals surface area (Å²) in [4.78, 5) is 13.7. The van der Waals surface area contributed by atoms with Crippen molar-refractivity contribution < 1.29 is 14.6 Å². The number of piperidine rings is 1. The highest BCUT2D eigenvalue weighted by atomic mass is 16.5. The molecule has 0 amide bonds. The molecule has 0 aromatic rings. The second kappa shape index (κ2) is 4.72. The van der Waals surface area contributed by atoms with Gasteiger partial charge in [0.15, 0.2) is 0 Å². The van der Waals surface area contributed by atoms with E-state index in [-0.39, 0.29) is 18.1 Å². The zero-order valence-corrected chi connectivity index (χ0v) is 10.1. The van der Waals surface area contributed by atoms with Crippen LogP contribution in [-0.2, 0) is 9.53 Å². The van der Waals surface area contributed by atoms with Crippen LogP contribution in [0.15, 0.2) is 0 Å². The van der Waals surface area contributed by atoms with Crippen molar-refractivity contribution in [2.24, 2.45) is 0 Å². The Balaban J connectivity index is 1.97. The Labute approximate surface area is 96.6 Å². The SMILES string of the molecule is COC(=O)C[C@@H](C)N1[C@@H]2CC[C@@H]1CC(O)C2. The van der Waals surface area contributed by atoms with Gasteiger partial charge in [-0.1, -0.05) is 0 Å². The fourth-order valence-corrected chi connectivity index (χ4v) is 3.33. The predicted octanol–water partition coefficient (Wildman–Crippen LogP) is 0.926. The summed E-state index contributed by atoms with van der Waals surface area (Å²) >= 11 is 0. The molecule has 0 radical (unpaired) electrons. The molecule has 16 heavy (non-hydrogen) atoms. The molecule has 92 valence electrons. The van der Waals surface area contributed by atoms with Crippen molar-refractivity contribution in [3.63, 3.8) is 0 Å². The smallest absolute Gasteiger partial charge is 0.307 e. The Kier molecular flexibility index (Phi) is 3.50. The molecule has 0 aromatic carbocycles. The van der Waals surface area contributed by atoms with Crippen LogP contribution in [0.5, 0.6) is 0 Å². The molecule has 4 nitrogen and oxygen atoms in total. The predicted molar refractivity (Wildman–Crippen MR) is 60.0 cm³/mol. The molecule has 2 saturated heterocycles. The number of nitrogens with zero attached hydrogens (tertiary/aromatic N) is 1. The summed E-state index contributed by atoms with van der Waals surface area (Å²) in [6.07, 6.45) is 4.36. The topological polar surface area (TPSA) is 49.8 Å². The van der Waals surface area contributed by atoms with Gasteiger partial charge in [-0.2, -0.15) is 0 Å². The number of hydrogen-bond acceptors (Lipinski definition) is 4. The Morgan fingerprint density at radius 2 is 2.00 bits per heavy atom. The lowest BCUT2D eigenvalue weighted by atomic mass is 9.97. The molecule has 2 heterocycles. The number of esters is 1. The highest BCUT2D eigenvalue weighted by Gasteiger charge is 2.42. The lowest BCUT2D eigenvalue weighted by molar-refractivity contribution is -0.142. The monoisotopic (exact) mass is 227 g/mol. The van der Waals surface area contributed by atoms with Gasteiger partial charge in [0.05, 0.1) is 19.6 Å². The van der Waals surface area contributed by atoms with Crippen LogP contribution in [0.2, 0.25) is 0 Å². The van der Waals surface area contributed by atoms with Crippen LogP contribution in [0.3, 0.4) is 0 Å². The van der Waals surface area contributed by atoms with E-state index in [1.54, 1.807) is 0 Å². The third-order valence-corrected chi connectivity index (χ3v) is 3.96. The molecule has 0 unspecified atom stereocenters. The van der Waals surface area contributed by atoms with Crippen molar-refractivity contribution in [3.05, 3.63) is 0 Å². The Morgan fingerprint density at radius 1 is 1.44 bits per heavy atom. The molecule has 0 aromatic heterocycles. The molecule has 4 heteroatoms. The van der Waals surface area contributed by atoms with E-state index in [1.165, 1.54) is 7.11 Å². The molecule has 2 fully saturated rings. The summed E-state index contributed by atoms with van der Waals surface area (Å²) in [6, 6.07) is 1.17. The molecule has 3 atom stereocenters. The molecule has 1 N–H and O–H groups in total. The van der Waals surface area contributed by atoms with Crippen LogP contribution in [0.4, 0.5) is 0 Å². The van der Waals surface area contributed by atoms with Gasteiger partial charge in [-0.15, -0.1) is 0 Å². The number of aliphatic hydroxyl groups excluding tert-OH is 1. The van der Waals surface area contributed by atoms with Crippen molar-refractivity contribution >= 4 is 5.97 Å². The standard InChI is InChI=1S/C12H21NO3/c1-8(5-12(15)16-2)13-9-3-4-10(13)7-11(14)6-9/h8-11,14H,3-7H2,1-2H3/t8-,9-,10-/m1/s1. The van der Waals surface area contributed by atoms with E-state index in [2.05, 4.69) is 11.8 Å². The Hall–Kier alpha value is -0.610. The molecule has 0 saturated carbocycles. The number of carbonyl (C=O) groups is 1. The minimum Gasteiger partial charge on any atom is -0.469 e. The normalized spacial score (nSPS) is 36.1. The largest absolute Gasteiger partial charge is 0.469 e. The summed E-state index contributed by atoms with van der Waals surface area (Å²) < 4.78 is 4.71. The van der Waals surface area contributed by atoms with Crippen molar-refractivity contribution in [1.82, 2.24) is 4.90 Å². The maximum Gasteiger partial charge on any atom is 0.307 e. The first-order chi connectivity index (χ1) is 7.61. The summed E-state index contributed by atoms with van der Waals surface area (Å²) in [6.45, 7) is 2.08. The minimum absolute atomic E-state index is 0.140. The van der Waals surface area contributed by atoms with E-state index in [4.69, 9.17) is 4.74 Å². The number of fused-ring (bicyclic) bond motifs is 2. The molecule has 0 spiro atoms. The van der Waals surface area contributed by atoms with Crippen molar-refractivity contribution in [2.45, 2.75) is 63.3 Å². The summed E-state index contributed by atoms with van der Waals surface area (Å²) in [5, 5.41) is 9.70. The second-order valence-corrected chi connectivity index (χ2v) is 5.09. The fraction of sp³-hybridized carbons (Fsp3) is 0.917. The van der Waals surface area contributed by atoms with Crippen LogP contribution in [0, 0.1) is 0 Å². The lowest BCUT2D eigenvalue weighted by Gasteiger charge is -2.40. The van der Waals surface area contributed by atoms with Gasteiger partial charge in [0.1, 0.15) is 0 Å². The van der Waals surface area contributed by atoms with Gasteiger partial charge < -0.3 is 9.84 Å². The zero-order valence-electron chi connectivity index (χ0n) is 10.1. The number of rotatable bonds is 3. The molecular weight excluding hydrogens is 206 g/mol. The van der Waals surface area contributed by atoms with Crippen molar-refractivity contribution in [1.29, 1.82) is 0 Å². The summed E-state index contributed by atoms with van der Waals surface area (Å²) in [5.41, 5.74) is 0. The Bertz CT molecular complexity index is 255. The highest BCUT2D eigenvalue weighted by molar-refractivity contribution is 5.69. The van der Waals surface area contributed by atoms with E-state index < -0.39 is 0 Å². The van der Waals surface area contributed by atoms with Gasteiger partial charge in [0.25, 0.3) is 0 Å². The number of carbonyl (C=O) groups excluding carboxylic acids is 1. The number of hydrogen-bond donors (Lipinski definition) is 1. The third-order valence-electron chi connectivity index (χ3n) is 3.96. The van der Waals surface area contributed by atoms with E-state index in [1.807, 2.05) is 0 Å². The quantitative estimate of drug-likeness (QED) is 0.729. The minimum atomic E-state index is -0.141. The van der Waals surface area contributed by atoms with E-state index in [0.717, 1.165) is 25.7 Å². The van der Waals surface area contributed by atoms with Gasteiger partial charge in [-0.3, -0.25) is 9.69 Å². The van der Waals surface area contributed by atoms with Crippen LogP contribution in [0.25, 0.3) is 0 Å². The average molecular weight is 227 g/mol. The number of aliphatic hydroxyl groups is 1. The van der Waals surface area contributed by atoms with Gasteiger partial charge in [0, 0.05) is 18.1 Å². The highest BCUT2D eigenvalue weighted by Crippen LogP contribution is 2.37. The summed E-state index contributed by atoms with van der Waals surface area (Å²) in [5.74, 6) is -0.141. The van der Waals surface area contributed by atoms with Gasteiger partial charge in [-0.05, 0) is 32.6 Å². The molecule has 0 aliphatic carbocycles. The lowest BCUT2D eigenvalue weighted by Crippen LogP contribution is -2.49. The zero-order chi connectivity index (χ0) is 11.7.